The molecule has 0 aliphatic heterocycles. The molecule has 158 valence electrons. The highest BCUT2D eigenvalue weighted by molar-refractivity contribution is 5.91. The third-order valence-corrected chi connectivity index (χ3v) is 5.93. The Morgan fingerprint density at radius 2 is 1.72 bits per heavy atom. The monoisotopic (exact) mass is 400 g/mol. The molecular formula is C23H33FN4O. The van der Waals surface area contributed by atoms with Crippen molar-refractivity contribution < 1.29 is 8.81 Å². The van der Waals surface area contributed by atoms with Crippen molar-refractivity contribution in [3.05, 3.63) is 35.5 Å². The lowest BCUT2D eigenvalue weighted by atomic mass is 10.0. The van der Waals surface area contributed by atoms with Gasteiger partial charge in [0.15, 0.2) is 0 Å². The van der Waals surface area contributed by atoms with E-state index in [0.29, 0.717) is 11.5 Å². The average Bonchev–Trinajstić information content (AvgIpc) is 3.39. The zero-order chi connectivity index (χ0) is 20.7. The molecule has 0 spiro atoms. The predicted molar refractivity (Wildman–Crippen MR) is 113 cm³/mol. The van der Waals surface area contributed by atoms with Gasteiger partial charge in [0, 0.05) is 0 Å². The van der Waals surface area contributed by atoms with Gasteiger partial charge in [0.2, 0.25) is 5.89 Å². The number of nitrogens with one attached hydrogen (secondary N) is 1. The van der Waals surface area contributed by atoms with E-state index in [1.54, 1.807) is 0 Å². The minimum absolute atomic E-state index is 0.0345. The van der Waals surface area contributed by atoms with Crippen LogP contribution >= 0.6 is 0 Å². The number of benzene rings is 1. The van der Waals surface area contributed by atoms with Crippen LogP contribution in [0.1, 0.15) is 89.0 Å². The summed E-state index contributed by atoms with van der Waals surface area (Å²) in [6, 6.07) is 5.11. The molecule has 0 radical (unpaired) electrons. The minimum atomic E-state index is -0.629. The molecule has 5 nitrogen and oxygen atoms in total. The molecule has 0 atom stereocenters. The summed E-state index contributed by atoms with van der Waals surface area (Å²) in [6.45, 7) is 2.24. The number of aryl methyl sites for hydroxylation is 1. The van der Waals surface area contributed by atoms with Crippen LogP contribution in [0.5, 0.6) is 0 Å². The molecule has 0 amide bonds. The summed E-state index contributed by atoms with van der Waals surface area (Å²) in [5, 5.41) is 15.8. The smallest absolute Gasteiger partial charge is 0.250 e. The van der Waals surface area contributed by atoms with E-state index in [0.717, 1.165) is 31.2 Å². The summed E-state index contributed by atoms with van der Waals surface area (Å²) in [6.07, 6.45) is 13.9. The van der Waals surface area contributed by atoms with Crippen LogP contribution in [0.2, 0.25) is 0 Å². The van der Waals surface area contributed by atoms with Crippen molar-refractivity contribution in [1.82, 2.24) is 10.2 Å². The highest BCUT2D eigenvalue weighted by atomic mass is 19.1. The van der Waals surface area contributed by atoms with Gasteiger partial charge < -0.3 is 10.2 Å². The van der Waals surface area contributed by atoms with Crippen molar-refractivity contribution in [1.29, 1.82) is 5.41 Å². The Kier molecular flexibility index (Phi) is 7.40. The first-order valence-electron chi connectivity index (χ1n) is 11.0. The van der Waals surface area contributed by atoms with Gasteiger partial charge >= 0.3 is 0 Å². The van der Waals surface area contributed by atoms with Gasteiger partial charge in [0.1, 0.15) is 17.1 Å². The van der Waals surface area contributed by atoms with Crippen LogP contribution in [0.4, 0.5) is 4.39 Å². The van der Waals surface area contributed by atoms with E-state index in [4.69, 9.17) is 15.6 Å². The van der Waals surface area contributed by atoms with Crippen LogP contribution in [0.25, 0.3) is 11.5 Å². The van der Waals surface area contributed by atoms with Crippen molar-refractivity contribution >= 4 is 5.84 Å². The number of hydrogen-bond acceptors (Lipinski definition) is 4. The van der Waals surface area contributed by atoms with Crippen molar-refractivity contribution in [2.75, 3.05) is 0 Å². The lowest BCUT2D eigenvalue weighted by Crippen LogP contribution is -2.27. The number of unbranched alkanes of at least 4 members (excludes halogenated alkanes) is 8. The normalized spacial score (nSPS) is 14.8. The molecule has 2 aromatic rings. The first-order chi connectivity index (χ1) is 14.1. The Morgan fingerprint density at radius 1 is 1.07 bits per heavy atom. The molecule has 3 rings (SSSR count). The van der Waals surface area contributed by atoms with Gasteiger partial charge in [-0.25, -0.2) is 4.39 Å². The molecule has 0 bridgehead atoms. The van der Waals surface area contributed by atoms with E-state index in [9.17, 15) is 4.39 Å². The zero-order valence-corrected chi connectivity index (χ0v) is 17.5. The maximum atomic E-state index is 14.4. The molecule has 0 saturated heterocycles. The molecule has 3 N–H and O–H groups in total. The Hall–Kier alpha value is -2.24. The maximum Gasteiger partial charge on any atom is 0.250 e. The lowest BCUT2D eigenvalue weighted by molar-refractivity contribution is 0.482. The summed E-state index contributed by atoms with van der Waals surface area (Å²) < 4.78 is 20.1. The summed E-state index contributed by atoms with van der Waals surface area (Å²) in [5.74, 6) is 0.152. The van der Waals surface area contributed by atoms with E-state index in [2.05, 4.69) is 17.1 Å². The van der Waals surface area contributed by atoms with Gasteiger partial charge in [-0.05, 0) is 43.4 Å². The number of halogens is 1. The van der Waals surface area contributed by atoms with E-state index >= 15 is 0 Å². The number of amidine groups is 1. The van der Waals surface area contributed by atoms with Gasteiger partial charge in [-0.3, -0.25) is 5.41 Å². The SMILES string of the molecule is CCCCCCCCCCCc1ccc(F)c(-c2nnc(C3(C(=N)N)CC3)o2)c1. The van der Waals surface area contributed by atoms with E-state index in [1.165, 1.54) is 57.4 Å². The molecule has 1 aliphatic carbocycles. The fraction of sp³-hybridized carbons (Fsp3) is 0.609. The summed E-state index contributed by atoms with van der Waals surface area (Å²) >= 11 is 0. The van der Waals surface area contributed by atoms with Gasteiger partial charge in [-0.1, -0.05) is 64.4 Å². The molecule has 1 aromatic carbocycles. The quantitative estimate of drug-likeness (QED) is 0.248. The Bertz CT molecular complexity index is 813. The van der Waals surface area contributed by atoms with Crippen molar-refractivity contribution in [2.45, 2.75) is 89.4 Å². The Morgan fingerprint density at radius 3 is 2.34 bits per heavy atom. The number of nitrogens with zero attached hydrogens (tertiary/aromatic N) is 2. The van der Waals surface area contributed by atoms with E-state index in [-0.39, 0.29) is 17.5 Å². The summed E-state index contributed by atoms with van der Waals surface area (Å²) in [7, 11) is 0. The average molecular weight is 401 g/mol. The molecule has 1 saturated carbocycles. The molecular weight excluding hydrogens is 367 g/mol. The number of rotatable bonds is 13. The third-order valence-electron chi connectivity index (χ3n) is 5.93. The lowest BCUT2D eigenvalue weighted by Gasteiger charge is -2.07. The van der Waals surface area contributed by atoms with Gasteiger partial charge in [-0.15, -0.1) is 10.2 Å². The first-order valence-corrected chi connectivity index (χ1v) is 11.0. The largest absolute Gasteiger partial charge is 0.419 e. The Balaban J connectivity index is 1.50. The molecule has 1 aliphatic rings. The van der Waals surface area contributed by atoms with Gasteiger partial charge in [0.05, 0.1) is 5.56 Å². The number of hydrogen-bond donors (Lipinski definition) is 2. The second kappa shape index (κ2) is 9.99. The van der Waals surface area contributed by atoms with Crippen LogP contribution in [0, 0.1) is 11.2 Å². The fourth-order valence-electron chi connectivity index (χ4n) is 3.78. The summed E-state index contributed by atoms with van der Waals surface area (Å²) in [4.78, 5) is 0. The first kappa shape index (κ1) is 21.5. The molecule has 1 aromatic heterocycles. The van der Waals surface area contributed by atoms with Crippen LogP contribution in [0.15, 0.2) is 22.6 Å². The van der Waals surface area contributed by atoms with E-state index in [1.807, 2.05) is 12.1 Å². The van der Waals surface area contributed by atoms with Gasteiger partial charge in [-0.2, -0.15) is 0 Å². The van der Waals surface area contributed by atoms with Crippen LogP contribution in [0.3, 0.4) is 0 Å². The van der Waals surface area contributed by atoms with Crippen molar-refractivity contribution in [3.63, 3.8) is 0 Å². The molecule has 29 heavy (non-hydrogen) atoms. The zero-order valence-electron chi connectivity index (χ0n) is 17.5. The molecule has 1 fully saturated rings. The highest BCUT2D eigenvalue weighted by Crippen LogP contribution is 2.47. The molecule has 6 heteroatoms. The summed E-state index contributed by atoms with van der Waals surface area (Å²) in [5.41, 5.74) is 6.45. The van der Waals surface area contributed by atoms with Crippen molar-refractivity contribution in [2.24, 2.45) is 5.73 Å². The number of aromatic nitrogens is 2. The standard InChI is InChI=1S/C23H33FN4O/c1-2-3-4-5-6-7-8-9-10-11-17-12-13-19(24)18(16-17)20-27-28-22(29-20)23(14-15-23)21(25)26/h12-13,16H,2-11,14-15H2,1H3,(H3,25,26). The highest BCUT2D eigenvalue weighted by Gasteiger charge is 2.52. The Labute approximate surface area is 172 Å². The van der Waals surface area contributed by atoms with Crippen molar-refractivity contribution in [3.8, 4) is 11.5 Å². The molecule has 0 unspecified atom stereocenters. The predicted octanol–water partition coefficient (Wildman–Crippen LogP) is 5.92. The second-order valence-electron chi connectivity index (χ2n) is 8.30. The minimum Gasteiger partial charge on any atom is -0.419 e. The van der Waals surface area contributed by atoms with Crippen LogP contribution in [-0.2, 0) is 11.8 Å². The van der Waals surface area contributed by atoms with Gasteiger partial charge in [0.25, 0.3) is 5.89 Å². The fourth-order valence-corrected chi connectivity index (χ4v) is 3.78. The third kappa shape index (κ3) is 5.43. The second-order valence-corrected chi connectivity index (χ2v) is 8.30. The van der Waals surface area contributed by atoms with E-state index < -0.39 is 5.41 Å². The number of nitrogens with two attached hydrogens (primary N) is 1. The topological polar surface area (TPSA) is 88.8 Å². The van der Waals surface area contributed by atoms with Crippen LogP contribution < -0.4 is 5.73 Å². The maximum absolute atomic E-state index is 14.4. The molecule has 1 heterocycles. The van der Waals surface area contributed by atoms with Crippen LogP contribution in [-0.4, -0.2) is 16.0 Å².